The third kappa shape index (κ3) is 3.54. The van der Waals surface area contributed by atoms with E-state index in [0.717, 1.165) is 0 Å². The van der Waals surface area contributed by atoms with Gasteiger partial charge in [-0.2, -0.15) is 0 Å². The molecule has 1 nitrogen and oxygen atoms in total. The normalized spacial score (nSPS) is 20.8. The largest absolute Gasteiger partial charge is 0.303 e. The summed E-state index contributed by atoms with van der Waals surface area (Å²) in [6.45, 7) is 4.77. The molecule has 3 rings (SSSR count). The molecule has 1 atom stereocenters. The second-order valence-electron chi connectivity index (χ2n) is 7.02. The summed E-state index contributed by atoms with van der Waals surface area (Å²) in [6.07, 6.45) is 3.87. The zero-order valence-electron chi connectivity index (χ0n) is 13.0. The van der Waals surface area contributed by atoms with Crippen molar-refractivity contribution in [1.29, 1.82) is 0 Å². The first-order chi connectivity index (χ1) is 10.1. The molecule has 0 aliphatic heterocycles. The molecule has 1 N–H and O–H groups in total. The lowest BCUT2D eigenvalue weighted by atomic mass is 9.91. The topological polar surface area (TPSA) is 12.0 Å². The molecule has 1 heteroatoms. The van der Waals surface area contributed by atoms with Crippen LogP contribution in [0.4, 0.5) is 0 Å². The smallest absolute Gasteiger partial charge is 0.0578 e. The van der Waals surface area contributed by atoms with Crippen LogP contribution in [0.1, 0.15) is 50.3 Å². The average molecular weight is 279 g/mol. The van der Waals surface area contributed by atoms with Crippen LogP contribution in [0.2, 0.25) is 0 Å². The molecule has 2 aromatic carbocycles. The highest BCUT2D eigenvalue weighted by molar-refractivity contribution is 5.31. The summed E-state index contributed by atoms with van der Waals surface area (Å²) >= 11 is 0. The fourth-order valence-electron chi connectivity index (χ4n) is 3.49. The zero-order valence-corrected chi connectivity index (χ0v) is 13.0. The predicted octanol–water partition coefficient (Wildman–Crippen LogP) is 4.94. The molecule has 0 bridgehead atoms. The van der Waals surface area contributed by atoms with Crippen LogP contribution < -0.4 is 5.32 Å². The Bertz CT molecular complexity index is 519. The van der Waals surface area contributed by atoms with E-state index in [0.29, 0.717) is 17.5 Å². The first-order valence-electron chi connectivity index (χ1n) is 8.00. The molecule has 110 valence electrons. The lowest BCUT2D eigenvalue weighted by Crippen LogP contribution is -2.32. The molecule has 0 heterocycles. The maximum absolute atomic E-state index is 3.90. The monoisotopic (exact) mass is 279 g/mol. The van der Waals surface area contributed by atoms with E-state index in [9.17, 15) is 0 Å². The fraction of sp³-hybridized carbons (Fsp3) is 0.400. The molecular weight excluding hydrogens is 254 g/mol. The third-order valence-corrected chi connectivity index (χ3v) is 4.64. The van der Waals surface area contributed by atoms with Crippen molar-refractivity contribution in [3.05, 3.63) is 71.8 Å². The van der Waals surface area contributed by atoms with Crippen LogP contribution in [0.15, 0.2) is 60.7 Å². The van der Waals surface area contributed by atoms with Gasteiger partial charge in [0, 0.05) is 6.04 Å². The van der Waals surface area contributed by atoms with Gasteiger partial charge >= 0.3 is 0 Å². The highest BCUT2D eigenvalue weighted by Crippen LogP contribution is 2.38. The SMILES string of the molecule is CC1(C)CCC(NC(c2ccccc2)c2ccccc2)C1. The van der Waals surface area contributed by atoms with E-state index in [-0.39, 0.29) is 0 Å². The number of nitrogens with one attached hydrogen (secondary N) is 1. The van der Waals surface area contributed by atoms with Gasteiger partial charge in [-0.1, -0.05) is 74.5 Å². The molecule has 2 aromatic rings. The van der Waals surface area contributed by atoms with E-state index in [1.165, 1.54) is 30.4 Å². The molecule has 21 heavy (non-hydrogen) atoms. The molecule has 0 radical (unpaired) electrons. The van der Waals surface area contributed by atoms with Gasteiger partial charge in [0.2, 0.25) is 0 Å². The summed E-state index contributed by atoms with van der Waals surface area (Å²) in [5.74, 6) is 0. The van der Waals surface area contributed by atoms with Gasteiger partial charge in [0.25, 0.3) is 0 Å². The van der Waals surface area contributed by atoms with Gasteiger partial charge in [-0.25, -0.2) is 0 Å². The van der Waals surface area contributed by atoms with E-state index in [1.807, 2.05) is 0 Å². The Morgan fingerprint density at radius 1 is 0.905 bits per heavy atom. The molecular formula is C20H25N. The van der Waals surface area contributed by atoms with Crippen molar-refractivity contribution in [1.82, 2.24) is 5.32 Å². The third-order valence-electron chi connectivity index (χ3n) is 4.64. The Labute approximate surface area is 128 Å². The zero-order chi connectivity index (χ0) is 14.7. The Kier molecular flexibility index (Phi) is 4.12. The minimum atomic E-state index is 0.297. The lowest BCUT2D eigenvalue weighted by Gasteiger charge is -2.25. The highest BCUT2D eigenvalue weighted by Gasteiger charge is 2.32. The van der Waals surface area contributed by atoms with E-state index < -0.39 is 0 Å². The van der Waals surface area contributed by atoms with Gasteiger partial charge in [-0.15, -0.1) is 0 Å². The van der Waals surface area contributed by atoms with E-state index in [4.69, 9.17) is 0 Å². The molecule has 0 spiro atoms. The number of hydrogen-bond acceptors (Lipinski definition) is 1. The number of rotatable bonds is 4. The Hall–Kier alpha value is -1.60. The summed E-state index contributed by atoms with van der Waals surface area (Å²) in [7, 11) is 0. The van der Waals surface area contributed by atoms with Crippen LogP contribution in [-0.2, 0) is 0 Å². The van der Waals surface area contributed by atoms with Crippen molar-refractivity contribution in [2.24, 2.45) is 5.41 Å². The first kappa shape index (κ1) is 14.3. The molecule has 0 amide bonds. The molecule has 0 aromatic heterocycles. The number of hydrogen-bond donors (Lipinski definition) is 1. The van der Waals surface area contributed by atoms with Crippen LogP contribution >= 0.6 is 0 Å². The van der Waals surface area contributed by atoms with Gasteiger partial charge < -0.3 is 5.32 Å². The van der Waals surface area contributed by atoms with E-state index in [1.54, 1.807) is 0 Å². The van der Waals surface area contributed by atoms with Crippen molar-refractivity contribution in [2.75, 3.05) is 0 Å². The second kappa shape index (κ2) is 6.03. The summed E-state index contributed by atoms with van der Waals surface area (Å²) < 4.78 is 0. The van der Waals surface area contributed by atoms with Crippen molar-refractivity contribution in [3.8, 4) is 0 Å². The van der Waals surface area contributed by atoms with Gasteiger partial charge in [0.15, 0.2) is 0 Å². The molecule has 1 fully saturated rings. The van der Waals surface area contributed by atoms with Gasteiger partial charge in [-0.05, 0) is 35.8 Å². The summed E-state index contributed by atoms with van der Waals surface area (Å²) in [5.41, 5.74) is 3.19. The van der Waals surface area contributed by atoms with Crippen molar-refractivity contribution >= 4 is 0 Å². The summed E-state index contributed by atoms with van der Waals surface area (Å²) in [4.78, 5) is 0. The van der Waals surface area contributed by atoms with E-state index >= 15 is 0 Å². The Morgan fingerprint density at radius 3 is 1.86 bits per heavy atom. The lowest BCUT2D eigenvalue weighted by molar-refractivity contribution is 0.359. The van der Waals surface area contributed by atoms with Crippen molar-refractivity contribution in [2.45, 2.75) is 45.2 Å². The molecule has 1 unspecified atom stereocenters. The van der Waals surface area contributed by atoms with Crippen molar-refractivity contribution in [3.63, 3.8) is 0 Å². The van der Waals surface area contributed by atoms with Gasteiger partial charge in [0.05, 0.1) is 6.04 Å². The fourth-order valence-corrected chi connectivity index (χ4v) is 3.49. The second-order valence-corrected chi connectivity index (χ2v) is 7.02. The molecule has 1 aliphatic rings. The van der Waals surface area contributed by atoms with E-state index in [2.05, 4.69) is 79.8 Å². The van der Waals surface area contributed by atoms with Crippen LogP contribution in [0.25, 0.3) is 0 Å². The van der Waals surface area contributed by atoms with Gasteiger partial charge in [0.1, 0.15) is 0 Å². The first-order valence-corrected chi connectivity index (χ1v) is 8.00. The van der Waals surface area contributed by atoms with Crippen LogP contribution in [0.3, 0.4) is 0 Å². The van der Waals surface area contributed by atoms with Gasteiger partial charge in [-0.3, -0.25) is 0 Å². The minimum Gasteiger partial charge on any atom is -0.303 e. The quantitative estimate of drug-likeness (QED) is 0.835. The maximum atomic E-state index is 3.90. The maximum Gasteiger partial charge on any atom is 0.0578 e. The van der Waals surface area contributed by atoms with Crippen molar-refractivity contribution < 1.29 is 0 Å². The highest BCUT2D eigenvalue weighted by atomic mass is 15.0. The minimum absolute atomic E-state index is 0.297. The molecule has 1 saturated carbocycles. The predicted molar refractivity (Wildman–Crippen MR) is 89.3 cm³/mol. The molecule has 1 aliphatic carbocycles. The van der Waals surface area contributed by atoms with Crippen LogP contribution in [0.5, 0.6) is 0 Å². The summed E-state index contributed by atoms with van der Waals surface area (Å²) in [6, 6.07) is 22.5. The molecule has 0 saturated heterocycles. The summed E-state index contributed by atoms with van der Waals surface area (Å²) in [5, 5.41) is 3.90. The van der Waals surface area contributed by atoms with Crippen LogP contribution in [0, 0.1) is 5.41 Å². The Morgan fingerprint density at radius 2 is 1.43 bits per heavy atom. The number of benzene rings is 2. The average Bonchev–Trinajstić information content (AvgIpc) is 2.86. The Balaban J connectivity index is 1.84. The van der Waals surface area contributed by atoms with Crippen LogP contribution in [-0.4, -0.2) is 6.04 Å². The standard InChI is InChI=1S/C20H25N/c1-20(2)14-13-18(15-20)21-19(16-9-5-3-6-10-16)17-11-7-4-8-12-17/h3-12,18-19,21H,13-15H2,1-2H3.